The Morgan fingerprint density at radius 1 is 0.489 bits per heavy atom. The first-order valence-electron chi connectivity index (χ1n) is 15.7. The van der Waals surface area contributed by atoms with Crippen molar-refractivity contribution in [1.29, 1.82) is 0 Å². The van der Waals surface area contributed by atoms with Crippen LogP contribution in [0.3, 0.4) is 0 Å². The molecule has 1 fully saturated rings. The molecule has 6 atom stereocenters. The van der Waals surface area contributed by atoms with Gasteiger partial charge in [-0.1, -0.05) is 121 Å². The van der Waals surface area contributed by atoms with Gasteiger partial charge in [-0.15, -0.1) is 0 Å². The van der Waals surface area contributed by atoms with Crippen molar-refractivity contribution in [1.82, 2.24) is 0 Å². The van der Waals surface area contributed by atoms with E-state index in [4.69, 9.17) is 33.2 Å². The number of carbonyl (C=O) groups is 1. The Bertz CT molecular complexity index is 1340. The average Bonchev–Trinajstić information content (AvgIpc) is 3.10. The van der Waals surface area contributed by atoms with Crippen molar-refractivity contribution in [2.24, 2.45) is 0 Å². The van der Waals surface area contributed by atoms with E-state index in [9.17, 15) is 9.90 Å². The summed E-state index contributed by atoms with van der Waals surface area (Å²) in [5.41, 5.74) is 3.74. The first-order chi connectivity index (χ1) is 23.1. The second kappa shape index (κ2) is 18.4. The molecule has 248 valence electrons. The van der Waals surface area contributed by atoms with Gasteiger partial charge in [0, 0.05) is 6.92 Å². The summed E-state index contributed by atoms with van der Waals surface area (Å²) < 4.78 is 42.8. The van der Waals surface area contributed by atoms with Gasteiger partial charge in [0.05, 0.1) is 26.4 Å². The fraction of sp³-hybridized carbons (Fsp3) is 0.342. The van der Waals surface area contributed by atoms with Gasteiger partial charge in [-0.05, 0) is 22.3 Å². The number of rotatable bonds is 17. The predicted molar refractivity (Wildman–Crippen MR) is 174 cm³/mol. The lowest BCUT2D eigenvalue weighted by Crippen LogP contribution is -2.67. The van der Waals surface area contributed by atoms with Gasteiger partial charge in [0.2, 0.25) is 0 Å². The number of esters is 1. The molecule has 2 unspecified atom stereocenters. The third-order valence-electron chi connectivity index (χ3n) is 7.75. The van der Waals surface area contributed by atoms with Gasteiger partial charge in [0.25, 0.3) is 0 Å². The normalized spacial score (nSPS) is 22.5. The molecule has 1 aliphatic carbocycles. The molecule has 0 radical (unpaired) electrons. The third kappa shape index (κ3) is 10.5. The fourth-order valence-corrected chi connectivity index (χ4v) is 5.48. The third-order valence-corrected chi connectivity index (χ3v) is 7.75. The van der Waals surface area contributed by atoms with Crippen molar-refractivity contribution in [3.05, 3.63) is 144 Å². The number of hydrogen-bond donors (Lipinski definition) is 1. The summed E-state index contributed by atoms with van der Waals surface area (Å²) in [6.45, 7) is 1.98. The van der Waals surface area contributed by atoms with Crippen LogP contribution >= 0.6 is 0 Å². The number of carbonyl (C=O) groups excluding carboxylic acids is 1. The first-order valence-corrected chi connectivity index (χ1v) is 15.7. The molecule has 0 aromatic heterocycles. The van der Waals surface area contributed by atoms with E-state index in [1.807, 2.05) is 121 Å². The van der Waals surface area contributed by atoms with Crippen molar-refractivity contribution in [3.8, 4) is 0 Å². The van der Waals surface area contributed by atoms with E-state index in [1.54, 1.807) is 0 Å². The summed E-state index contributed by atoms with van der Waals surface area (Å²) in [4.78, 5) is 12.5. The minimum absolute atomic E-state index is 0.151. The van der Waals surface area contributed by atoms with Crippen LogP contribution in [0.15, 0.2) is 121 Å². The SMILES string of the molecule is CC(=O)OC1[C@H](OCOCc2ccccc2)[C@H](OCc2ccccc2)C(O)[C@H](OCc2ccccc2)[C@H]1OCOCc1ccccc1. The average molecular weight is 643 g/mol. The number of hydrogen-bond acceptors (Lipinski definition) is 9. The Morgan fingerprint density at radius 2 is 0.830 bits per heavy atom. The maximum absolute atomic E-state index is 12.5. The number of benzene rings is 4. The molecule has 1 N–H and O–H groups in total. The monoisotopic (exact) mass is 642 g/mol. The van der Waals surface area contributed by atoms with Gasteiger partial charge >= 0.3 is 5.97 Å². The van der Waals surface area contributed by atoms with Gasteiger partial charge in [-0.25, -0.2) is 0 Å². The Morgan fingerprint density at radius 3 is 1.17 bits per heavy atom. The fourth-order valence-electron chi connectivity index (χ4n) is 5.48. The Kier molecular flexibility index (Phi) is 13.5. The highest BCUT2D eigenvalue weighted by molar-refractivity contribution is 5.66. The summed E-state index contributed by atoms with van der Waals surface area (Å²) >= 11 is 0. The summed E-state index contributed by atoms with van der Waals surface area (Å²) in [5.74, 6) is -0.549. The summed E-state index contributed by atoms with van der Waals surface area (Å²) in [7, 11) is 0. The number of aliphatic hydroxyl groups is 1. The second-order valence-electron chi connectivity index (χ2n) is 11.3. The number of aliphatic hydroxyl groups excluding tert-OH is 1. The Balaban J connectivity index is 1.38. The Labute approximate surface area is 275 Å². The second-order valence-corrected chi connectivity index (χ2v) is 11.3. The van der Waals surface area contributed by atoms with Gasteiger partial charge in [-0.3, -0.25) is 4.79 Å². The predicted octanol–water partition coefficient (Wildman–Crippen LogP) is 5.58. The van der Waals surface area contributed by atoms with Crippen molar-refractivity contribution < 1.29 is 43.1 Å². The molecule has 0 saturated heterocycles. The molecule has 0 aliphatic heterocycles. The minimum atomic E-state index is -1.23. The Hall–Kier alpha value is -3.93. The van der Waals surface area contributed by atoms with Crippen molar-refractivity contribution in [3.63, 3.8) is 0 Å². The maximum atomic E-state index is 12.5. The van der Waals surface area contributed by atoms with E-state index in [2.05, 4.69) is 0 Å². The molecule has 0 bridgehead atoms. The molecule has 9 nitrogen and oxygen atoms in total. The van der Waals surface area contributed by atoms with Crippen LogP contribution in [0.4, 0.5) is 0 Å². The maximum Gasteiger partial charge on any atom is 0.303 e. The highest BCUT2D eigenvalue weighted by Gasteiger charge is 2.55. The molecule has 5 rings (SSSR count). The van der Waals surface area contributed by atoms with Crippen molar-refractivity contribution in [2.75, 3.05) is 13.6 Å². The highest BCUT2D eigenvalue weighted by atomic mass is 16.7. The molecule has 1 saturated carbocycles. The molecule has 47 heavy (non-hydrogen) atoms. The zero-order valence-electron chi connectivity index (χ0n) is 26.5. The molecule has 0 amide bonds. The molecule has 9 heteroatoms. The zero-order chi connectivity index (χ0) is 32.7. The van der Waals surface area contributed by atoms with E-state index in [1.165, 1.54) is 6.92 Å². The van der Waals surface area contributed by atoms with Crippen LogP contribution in [0.1, 0.15) is 29.2 Å². The van der Waals surface area contributed by atoms with Gasteiger partial charge in [0.15, 0.2) is 6.10 Å². The zero-order valence-corrected chi connectivity index (χ0v) is 26.5. The van der Waals surface area contributed by atoms with E-state index >= 15 is 0 Å². The lowest BCUT2D eigenvalue weighted by Gasteiger charge is -2.47. The van der Waals surface area contributed by atoms with Crippen LogP contribution in [0, 0.1) is 0 Å². The van der Waals surface area contributed by atoms with E-state index in [0.29, 0.717) is 13.2 Å². The quantitative estimate of drug-likeness (QED) is 0.0899. The van der Waals surface area contributed by atoms with Crippen molar-refractivity contribution in [2.45, 2.75) is 70.0 Å². The lowest BCUT2D eigenvalue weighted by atomic mass is 9.84. The smallest absolute Gasteiger partial charge is 0.303 e. The van der Waals surface area contributed by atoms with E-state index in [-0.39, 0.29) is 26.8 Å². The molecule has 0 heterocycles. The molecule has 4 aromatic rings. The molecular weight excluding hydrogens is 600 g/mol. The molecular formula is C38H42O9. The minimum Gasteiger partial charge on any atom is -0.457 e. The summed E-state index contributed by atoms with van der Waals surface area (Å²) in [5, 5.41) is 11.9. The van der Waals surface area contributed by atoms with Gasteiger partial charge in [0.1, 0.15) is 44.1 Å². The van der Waals surface area contributed by atoms with Crippen LogP contribution in [0.2, 0.25) is 0 Å². The summed E-state index contributed by atoms with van der Waals surface area (Å²) in [6.07, 6.45) is -6.13. The first kappa shape index (κ1) is 34.4. The topological polar surface area (TPSA) is 102 Å². The standard InChI is InChI=1S/C38H42O9/c1-28(39)47-38-36(45-26-41-22-29-14-6-2-7-15-29)34(43-24-31-18-10-4-11-19-31)33(40)35(44-25-32-20-12-5-13-21-32)37(38)46-27-42-23-30-16-8-3-9-17-30/h2-21,33-38,40H,22-27H2,1H3/t33?,34-,35+,36-,37-,38?/m1/s1. The van der Waals surface area contributed by atoms with Crippen LogP contribution in [-0.2, 0) is 64.4 Å². The van der Waals surface area contributed by atoms with Crippen LogP contribution in [0.5, 0.6) is 0 Å². The van der Waals surface area contributed by atoms with Crippen molar-refractivity contribution >= 4 is 5.97 Å². The van der Waals surface area contributed by atoms with Crippen LogP contribution in [-0.4, -0.2) is 61.3 Å². The van der Waals surface area contributed by atoms with E-state index < -0.39 is 42.6 Å². The summed E-state index contributed by atoms with van der Waals surface area (Å²) in [6, 6.07) is 38.6. The number of ether oxygens (including phenoxy) is 7. The molecule has 1 aliphatic rings. The van der Waals surface area contributed by atoms with E-state index in [0.717, 1.165) is 22.3 Å². The highest BCUT2D eigenvalue weighted by Crippen LogP contribution is 2.33. The molecule has 4 aromatic carbocycles. The lowest BCUT2D eigenvalue weighted by molar-refractivity contribution is -0.293. The molecule has 0 spiro atoms. The van der Waals surface area contributed by atoms with Crippen LogP contribution in [0.25, 0.3) is 0 Å². The van der Waals surface area contributed by atoms with Gasteiger partial charge in [-0.2, -0.15) is 0 Å². The van der Waals surface area contributed by atoms with Gasteiger partial charge < -0.3 is 38.3 Å². The largest absolute Gasteiger partial charge is 0.457 e. The van der Waals surface area contributed by atoms with Crippen LogP contribution < -0.4 is 0 Å².